The number of rotatable bonds is 5. The molecule has 0 radical (unpaired) electrons. The van der Waals surface area contributed by atoms with Crippen LogP contribution in [-0.4, -0.2) is 34.5 Å². The molecule has 0 spiro atoms. The number of hydrogen-bond donors (Lipinski definition) is 1. The van der Waals surface area contributed by atoms with Crippen molar-refractivity contribution in [3.05, 3.63) is 35.4 Å². The summed E-state index contributed by atoms with van der Waals surface area (Å²) in [6.45, 7) is 6.89. The number of hydrogen-bond acceptors (Lipinski definition) is 2. The number of amides is 1. The van der Waals surface area contributed by atoms with E-state index < -0.39 is 12.0 Å². The van der Waals surface area contributed by atoms with Crippen molar-refractivity contribution in [2.24, 2.45) is 0 Å². The number of carboxylic acids is 1. The molecule has 120 valence electrons. The second kappa shape index (κ2) is 6.95. The van der Waals surface area contributed by atoms with Gasteiger partial charge in [-0.05, 0) is 35.8 Å². The molecule has 1 unspecified atom stereocenters. The summed E-state index contributed by atoms with van der Waals surface area (Å²) in [5.41, 5.74) is 2.41. The van der Waals surface area contributed by atoms with Gasteiger partial charge >= 0.3 is 5.97 Å². The summed E-state index contributed by atoms with van der Waals surface area (Å²) in [7, 11) is 0. The predicted octanol–water partition coefficient (Wildman–Crippen LogP) is 3.38. The molecular weight excluding hydrogens is 278 g/mol. The van der Waals surface area contributed by atoms with Gasteiger partial charge in [-0.25, -0.2) is 4.79 Å². The first-order valence-corrected chi connectivity index (χ1v) is 8.02. The smallest absolute Gasteiger partial charge is 0.326 e. The third kappa shape index (κ3) is 3.67. The van der Waals surface area contributed by atoms with E-state index in [1.165, 1.54) is 10.5 Å². The number of nitrogens with zero attached hydrogens (tertiary/aromatic N) is 1. The molecule has 0 bridgehead atoms. The fourth-order valence-electron chi connectivity index (χ4n) is 3.03. The minimum Gasteiger partial charge on any atom is -0.480 e. The lowest BCUT2D eigenvalue weighted by atomic mass is 9.94. The Labute approximate surface area is 132 Å². The van der Waals surface area contributed by atoms with Gasteiger partial charge in [-0.2, -0.15) is 0 Å². The van der Waals surface area contributed by atoms with E-state index in [1.807, 2.05) is 6.92 Å². The molecule has 1 saturated heterocycles. The minimum atomic E-state index is -0.889. The van der Waals surface area contributed by atoms with Gasteiger partial charge in [-0.3, -0.25) is 4.79 Å². The Morgan fingerprint density at radius 2 is 1.77 bits per heavy atom. The predicted molar refractivity (Wildman–Crippen MR) is 85.9 cm³/mol. The van der Waals surface area contributed by atoms with E-state index in [0.29, 0.717) is 25.3 Å². The zero-order valence-electron chi connectivity index (χ0n) is 13.6. The van der Waals surface area contributed by atoms with Crippen molar-refractivity contribution in [3.63, 3.8) is 0 Å². The molecule has 0 aromatic heterocycles. The van der Waals surface area contributed by atoms with Crippen molar-refractivity contribution in [2.45, 2.75) is 57.9 Å². The van der Waals surface area contributed by atoms with Gasteiger partial charge in [0.15, 0.2) is 0 Å². The molecule has 2 atom stereocenters. The van der Waals surface area contributed by atoms with E-state index in [1.54, 1.807) is 0 Å². The molecule has 0 saturated carbocycles. The zero-order valence-corrected chi connectivity index (χ0v) is 13.6. The summed E-state index contributed by atoms with van der Waals surface area (Å²) >= 11 is 0. The standard InChI is InChI=1S/C18H25NO3/c1-12(2)14-6-8-15(9-7-14)13(3)11-17(20)19-10-4-5-16(19)18(21)22/h6-9,12-13,16H,4-5,10-11H2,1-3H3,(H,21,22)/t13?,16-/m0/s1. The van der Waals surface area contributed by atoms with Crippen LogP contribution in [0, 0.1) is 0 Å². The quantitative estimate of drug-likeness (QED) is 0.907. The molecule has 1 aliphatic rings. The van der Waals surface area contributed by atoms with Crippen molar-refractivity contribution in [2.75, 3.05) is 6.54 Å². The van der Waals surface area contributed by atoms with Gasteiger partial charge in [0.2, 0.25) is 5.91 Å². The van der Waals surface area contributed by atoms with E-state index in [4.69, 9.17) is 0 Å². The van der Waals surface area contributed by atoms with Crippen molar-refractivity contribution < 1.29 is 14.7 Å². The summed E-state index contributed by atoms with van der Waals surface area (Å²) in [5.74, 6) is -0.346. The summed E-state index contributed by atoms with van der Waals surface area (Å²) in [5, 5.41) is 9.17. The zero-order chi connectivity index (χ0) is 16.3. The molecule has 4 nitrogen and oxygen atoms in total. The van der Waals surface area contributed by atoms with Crippen molar-refractivity contribution >= 4 is 11.9 Å². The van der Waals surface area contributed by atoms with Crippen LogP contribution in [0.4, 0.5) is 0 Å². The Morgan fingerprint density at radius 1 is 1.18 bits per heavy atom. The summed E-state index contributed by atoms with van der Waals surface area (Å²) in [6, 6.07) is 7.73. The van der Waals surface area contributed by atoms with Gasteiger partial charge in [0.1, 0.15) is 6.04 Å². The van der Waals surface area contributed by atoms with Crippen LogP contribution in [0.1, 0.15) is 63.0 Å². The molecular formula is C18H25NO3. The monoisotopic (exact) mass is 303 g/mol. The van der Waals surface area contributed by atoms with Crippen LogP contribution in [0.3, 0.4) is 0 Å². The van der Waals surface area contributed by atoms with Crippen LogP contribution in [0.2, 0.25) is 0 Å². The Hall–Kier alpha value is -1.84. The lowest BCUT2D eigenvalue weighted by molar-refractivity contribution is -0.148. The van der Waals surface area contributed by atoms with Crippen LogP contribution < -0.4 is 0 Å². The van der Waals surface area contributed by atoms with E-state index in [2.05, 4.69) is 38.1 Å². The van der Waals surface area contributed by atoms with Gasteiger partial charge in [-0.1, -0.05) is 45.0 Å². The van der Waals surface area contributed by atoms with E-state index in [0.717, 1.165) is 12.0 Å². The number of aliphatic carboxylic acids is 1. The largest absolute Gasteiger partial charge is 0.480 e. The lowest BCUT2D eigenvalue weighted by Gasteiger charge is -2.23. The number of carbonyl (C=O) groups excluding carboxylic acids is 1. The molecule has 1 N–H and O–H groups in total. The number of likely N-dealkylation sites (tertiary alicyclic amines) is 1. The third-order valence-electron chi connectivity index (χ3n) is 4.51. The summed E-state index contributed by atoms with van der Waals surface area (Å²) in [6.07, 6.45) is 1.71. The average Bonchev–Trinajstić information content (AvgIpc) is 2.97. The van der Waals surface area contributed by atoms with Crippen LogP contribution in [0.25, 0.3) is 0 Å². The molecule has 0 aliphatic carbocycles. The molecule has 2 rings (SSSR count). The van der Waals surface area contributed by atoms with E-state index in [-0.39, 0.29) is 11.8 Å². The highest BCUT2D eigenvalue weighted by atomic mass is 16.4. The molecule has 22 heavy (non-hydrogen) atoms. The number of carboxylic acid groups (broad SMARTS) is 1. The van der Waals surface area contributed by atoms with E-state index >= 15 is 0 Å². The summed E-state index contributed by atoms with van der Waals surface area (Å²) in [4.78, 5) is 25.1. The number of carbonyl (C=O) groups is 2. The maximum absolute atomic E-state index is 12.4. The molecule has 1 heterocycles. The van der Waals surface area contributed by atoms with Gasteiger partial charge in [0.25, 0.3) is 0 Å². The van der Waals surface area contributed by atoms with Crippen LogP contribution in [0.5, 0.6) is 0 Å². The Balaban J connectivity index is 2.00. The Morgan fingerprint density at radius 3 is 2.32 bits per heavy atom. The first kappa shape index (κ1) is 16.5. The average molecular weight is 303 g/mol. The van der Waals surface area contributed by atoms with Crippen molar-refractivity contribution in [1.29, 1.82) is 0 Å². The van der Waals surface area contributed by atoms with Gasteiger partial charge in [0.05, 0.1) is 0 Å². The number of benzene rings is 1. The molecule has 4 heteroatoms. The molecule has 1 aliphatic heterocycles. The maximum Gasteiger partial charge on any atom is 0.326 e. The second-order valence-corrected chi connectivity index (χ2v) is 6.51. The molecule has 1 aromatic carbocycles. The lowest BCUT2D eigenvalue weighted by Crippen LogP contribution is -2.40. The highest BCUT2D eigenvalue weighted by molar-refractivity contribution is 5.84. The fraction of sp³-hybridized carbons (Fsp3) is 0.556. The first-order valence-electron chi connectivity index (χ1n) is 8.02. The third-order valence-corrected chi connectivity index (χ3v) is 4.51. The minimum absolute atomic E-state index is 0.0506. The molecule has 1 amide bonds. The maximum atomic E-state index is 12.4. The SMILES string of the molecule is CC(C)c1ccc(C(C)CC(=O)N2CCC[C@H]2C(=O)O)cc1. The molecule has 1 fully saturated rings. The second-order valence-electron chi connectivity index (χ2n) is 6.51. The first-order chi connectivity index (χ1) is 10.4. The molecule has 1 aromatic rings. The van der Waals surface area contributed by atoms with Crippen LogP contribution in [-0.2, 0) is 9.59 Å². The van der Waals surface area contributed by atoms with Gasteiger partial charge in [0, 0.05) is 13.0 Å². The van der Waals surface area contributed by atoms with E-state index in [9.17, 15) is 14.7 Å². The normalized spacial score (nSPS) is 19.5. The highest BCUT2D eigenvalue weighted by Gasteiger charge is 2.34. The Bertz CT molecular complexity index is 536. The Kier molecular flexibility index (Phi) is 5.22. The topological polar surface area (TPSA) is 57.6 Å². The fourth-order valence-corrected chi connectivity index (χ4v) is 3.03. The van der Waals surface area contributed by atoms with Crippen molar-refractivity contribution in [1.82, 2.24) is 4.90 Å². The summed E-state index contributed by atoms with van der Waals surface area (Å²) < 4.78 is 0. The van der Waals surface area contributed by atoms with Crippen molar-refractivity contribution in [3.8, 4) is 0 Å². The highest BCUT2D eigenvalue weighted by Crippen LogP contribution is 2.25. The van der Waals surface area contributed by atoms with Gasteiger partial charge in [-0.15, -0.1) is 0 Å². The van der Waals surface area contributed by atoms with Gasteiger partial charge < -0.3 is 10.0 Å². The van der Waals surface area contributed by atoms with Crippen LogP contribution in [0.15, 0.2) is 24.3 Å². The van der Waals surface area contributed by atoms with Crippen LogP contribution >= 0.6 is 0 Å².